The zero-order chi connectivity index (χ0) is 50.0. The molecule has 10 aromatic rings. The van der Waals surface area contributed by atoms with Crippen LogP contribution in [-0.2, 0) is 20.5 Å². The van der Waals surface area contributed by atoms with Gasteiger partial charge in [-0.3, -0.25) is 28.9 Å². The maximum atomic E-state index is 13.0. The maximum Gasteiger partial charge on any atom is 0.255 e. The molecule has 4 aromatic carbocycles. The molecule has 0 radical (unpaired) electrons. The molecule has 348 valence electrons. The topological polar surface area (TPSA) is 245 Å². The molecule has 6 heterocycles. The van der Waals surface area contributed by atoms with Crippen LogP contribution in [-0.4, -0.2) is 61.2 Å². The van der Waals surface area contributed by atoms with Gasteiger partial charge in [-0.15, -0.1) is 0 Å². The first-order valence-electron chi connectivity index (χ1n) is 21.8. The number of amides is 1. The predicted octanol–water partition coefficient (Wildman–Crippen LogP) is 9.66. The molecule has 0 spiro atoms. The lowest BCUT2D eigenvalue weighted by atomic mass is 10.00. The van der Waals surface area contributed by atoms with E-state index in [9.17, 15) is 9.59 Å². The molecule has 0 aliphatic carbocycles. The van der Waals surface area contributed by atoms with Crippen LogP contribution in [0.3, 0.4) is 0 Å². The summed E-state index contributed by atoms with van der Waals surface area (Å²) >= 11 is 3.40. The van der Waals surface area contributed by atoms with E-state index in [2.05, 4.69) is 67.7 Å². The number of aromatic nitrogens is 10. The molecule has 10 rings (SSSR count). The van der Waals surface area contributed by atoms with Gasteiger partial charge >= 0.3 is 0 Å². The Labute approximate surface area is 415 Å². The number of halogens is 1. The van der Waals surface area contributed by atoms with E-state index >= 15 is 0 Å². The summed E-state index contributed by atoms with van der Waals surface area (Å²) in [7, 11) is 3.65. The van der Waals surface area contributed by atoms with Crippen LogP contribution in [0.1, 0.15) is 48.5 Å². The number of nitrogens with zero attached hydrogens (tertiary/aromatic N) is 12. The minimum Gasteiger partial charge on any atom is -0.383 e. The number of anilines is 4. The van der Waals surface area contributed by atoms with Gasteiger partial charge in [-0.1, -0.05) is 52.3 Å². The number of fused-ring (bicyclic) bond motifs is 2. The van der Waals surface area contributed by atoms with E-state index in [-0.39, 0.29) is 18.1 Å². The van der Waals surface area contributed by atoms with Crippen LogP contribution in [0.2, 0.25) is 0 Å². The first-order valence-corrected chi connectivity index (χ1v) is 22.6. The monoisotopic (exact) mass is 999 g/mol. The molecular formula is C53H42BrN15O2. The Hall–Kier alpha value is -9.52. The number of benzene rings is 4. The van der Waals surface area contributed by atoms with Crippen LogP contribution in [0.15, 0.2) is 151 Å². The van der Waals surface area contributed by atoms with Crippen LogP contribution < -0.4 is 16.4 Å². The number of Topliss-reactive ketones (excluding diaryl/α,β-unsaturated/α-hetero) is 1. The molecule has 0 saturated heterocycles. The summed E-state index contributed by atoms with van der Waals surface area (Å²) in [4.78, 5) is 51.4. The van der Waals surface area contributed by atoms with Crippen molar-refractivity contribution >= 4 is 72.7 Å². The first-order chi connectivity index (χ1) is 34.4. The van der Waals surface area contributed by atoms with E-state index in [1.165, 1.54) is 0 Å². The van der Waals surface area contributed by atoms with Gasteiger partial charge in [-0.05, 0) is 103 Å². The number of aryl methyl sites for hydroxylation is 4. The summed E-state index contributed by atoms with van der Waals surface area (Å²) in [6.07, 6.45) is 10.4. The van der Waals surface area contributed by atoms with Crippen molar-refractivity contribution in [1.29, 1.82) is 10.5 Å². The van der Waals surface area contributed by atoms with E-state index in [4.69, 9.17) is 21.2 Å². The van der Waals surface area contributed by atoms with Crippen molar-refractivity contribution in [2.24, 2.45) is 14.1 Å². The lowest BCUT2D eigenvalue weighted by Crippen LogP contribution is -2.12. The minimum absolute atomic E-state index is 0.0339. The van der Waals surface area contributed by atoms with Gasteiger partial charge in [-0.2, -0.15) is 20.7 Å². The molecule has 0 aliphatic rings. The van der Waals surface area contributed by atoms with Crippen LogP contribution in [0, 0.1) is 36.5 Å². The minimum atomic E-state index is -0.198. The Kier molecular flexibility index (Phi) is 14.6. The molecule has 17 nitrogen and oxygen atoms in total. The van der Waals surface area contributed by atoms with Crippen LogP contribution in [0.25, 0.3) is 44.8 Å². The smallest absolute Gasteiger partial charge is 0.255 e. The molecule has 18 heteroatoms. The summed E-state index contributed by atoms with van der Waals surface area (Å²) in [6.45, 7) is 3.93. The van der Waals surface area contributed by atoms with Crippen LogP contribution in [0.5, 0.6) is 0 Å². The van der Waals surface area contributed by atoms with Gasteiger partial charge in [0.25, 0.3) is 5.91 Å². The molecule has 0 fully saturated rings. The van der Waals surface area contributed by atoms with Crippen molar-refractivity contribution in [3.63, 3.8) is 0 Å². The SMILES string of the molecule is Cc1ccc(C(=O)Cc2cccc(C#N)c2)cc1Nc1nc(-c2cccnc2)nc2c1cnn2C.Cc1ccc(C(=O)Nc2cccc(C#N)c2)cc1Br.Cn1ncc2c(N)nc(-c3cccnc3)nc21. The van der Waals surface area contributed by atoms with E-state index in [0.29, 0.717) is 56.9 Å². The average Bonchev–Trinajstić information content (AvgIpc) is 3.97. The molecule has 0 bridgehead atoms. The molecule has 1 amide bonds. The van der Waals surface area contributed by atoms with Gasteiger partial charge in [0, 0.05) is 83.4 Å². The van der Waals surface area contributed by atoms with E-state index < -0.39 is 0 Å². The number of hydrogen-bond donors (Lipinski definition) is 3. The second kappa shape index (κ2) is 21.6. The highest BCUT2D eigenvalue weighted by atomic mass is 79.9. The number of hydrogen-bond acceptors (Lipinski definition) is 14. The number of pyridine rings is 2. The van der Waals surface area contributed by atoms with Gasteiger partial charge in [0.1, 0.15) is 11.6 Å². The number of carbonyl (C=O) groups is 2. The number of ketones is 1. The van der Waals surface area contributed by atoms with Crippen LogP contribution in [0.4, 0.5) is 23.0 Å². The second-order valence-corrected chi connectivity index (χ2v) is 16.9. The summed E-state index contributed by atoms with van der Waals surface area (Å²) in [5, 5.41) is 34.1. The summed E-state index contributed by atoms with van der Waals surface area (Å²) in [5.41, 5.74) is 15.3. The normalized spacial score (nSPS) is 10.5. The Morgan fingerprint density at radius 2 is 1.27 bits per heavy atom. The maximum absolute atomic E-state index is 13.0. The second-order valence-electron chi connectivity index (χ2n) is 16.0. The van der Waals surface area contributed by atoms with Crippen LogP contribution >= 0.6 is 15.9 Å². The summed E-state index contributed by atoms with van der Waals surface area (Å²) < 4.78 is 4.27. The zero-order valence-corrected chi connectivity index (χ0v) is 40.3. The molecule has 71 heavy (non-hydrogen) atoms. The van der Waals surface area contributed by atoms with Gasteiger partial charge in [0.2, 0.25) is 0 Å². The Balaban J connectivity index is 0.000000158. The Morgan fingerprint density at radius 1 is 0.662 bits per heavy atom. The molecule has 0 unspecified atom stereocenters. The van der Waals surface area contributed by atoms with Crippen molar-refractivity contribution in [2.75, 3.05) is 16.4 Å². The summed E-state index contributed by atoms with van der Waals surface area (Å²) in [5.74, 6) is 1.88. The Morgan fingerprint density at radius 3 is 1.92 bits per heavy atom. The molecule has 0 saturated carbocycles. The number of nitrogens with one attached hydrogen (secondary N) is 2. The average molecular weight is 1000 g/mol. The van der Waals surface area contributed by atoms with E-state index in [1.807, 2.05) is 88.6 Å². The molecule has 6 aromatic heterocycles. The molecule has 4 N–H and O–H groups in total. The van der Waals surface area contributed by atoms with E-state index in [0.717, 1.165) is 54.4 Å². The van der Waals surface area contributed by atoms with Gasteiger partial charge < -0.3 is 16.4 Å². The van der Waals surface area contributed by atoms with Gasteiger partial charge in [0.15, 0.2) is 28.7 Å². The number of rotatable bonds is 9. The first kappa shape index (κ1) is 48.0. The van der Waals surface area contributed by atoms with Gasteiger partial charge in [-0.25, -0.2) is 19.9 Å². The molecule has 0 aliphatic heterocycles. The molecular weight excluding hydrogens is 959 g/mol. The number of nitrogens with two attached hydrogens (primary N) is 1. The fourth-order valence-corrected chi connectivity index (χ4v) is 7.49. The van der Waals surface area contributed by atoms with Crippen molar-refractivity contribution < 1.29 is 9.59 Å². The fraction of sp³-hybridized carbons (Fsp3) is 0.0943. The third kappa shape index (κ3) is 11.4. The predicted molar refractivity (Wildman–Crippen MR) is 275 cm³/mol. The number of nitrogen functional groups attached to an aromatic ring is 1. The fourth-order valence-electron chi connectivity index (χ4n) is 7.11. The van der Waals surface area contributed by atoms with Crippen molar-refractivity contribution in [3.05, 3.63) is 190 Å². The van der Waals surface area contributed by atoms with Crippen molar-refractivity contribution in [3.8, 4) is 34.9 Å². The lowest BCUT2D eigenvalue weighted by molar-refractivity contribution is 0.0991. The zero-order valence-electron chi connectivity index (χ0n) is 38.7. The highest BCUT2D eigenvalue weighted by molar-refractivity contribution is 9.10. The van der Waals surface area contributed by atoms with Crippen molar-refractivity contribution in [1.82, 2.24) is 49.5 Å². The molecule has 0 atom stereocenters. The third-order valence-electron chi connectivity index (χ3n) is 11.0. The largest absolute Gasteiger partial charge is 0.383 e. The summed E-state index contributed by atoms with van der Waals surface area (Å²) in [6, 6.07) is 36.5. The Bertz CT molecular complexity index is 3680. The lowest BCUT2D eigenvalue weighted by Gasteiger charge is -2.13. The quantitative estimate of drug-likeness (QED) is 0.114. The standard InChI is InChI=1S/C27H21N7O.C15H11BrN2O.C11H10N6/c1-17-8-9-20(24(35)12-18-5-3-6-19(11-18)14-28)13-23(17)31-26-22-16-30-34(2)27(22)33-25(32-26)21-7-4-10-29-15-21;1-10-5-6-12(8-14(10)16)15(19)18-13-4-2-3-11(7-13)9-17;1-17-11-8(6-14-17)9(12)15-10(16-11)7-3-2-4-13-5-7/h3-11,13,15-16H,12H2,1-2H3,(H,31,32,33);2-8H,1H3,(H,18,19);2-6H,1H3,(H2,12,15,16). The van der Waals surface area contributed by atoms with Gasteiger partial charge in [0.05, 0.1) is 46.4 Å². The number of carbonyl (C=O) groups excluding carboxylic acids is 2. The number of nitriles is 2. The van der Waals surface area contributed by atoms with Crippen molar-refractivity contribution in [2.45, 2.75) is 20.3 Å². The van der Waals surface area contributed by atoms with E-state index in [1.54, 1.807) is 101 Å². The third-order valence-corrected chi connectivity index (χ3v) is 11.8. The highest BCUT2D eigenvalue weighted by Gasteiger charge is 2.17. The highest BCUT2D eigenvalue weighted by Crippen LogP contribution is 2.29.